The Morgan fingerprint density at radius 1 is 1.24 bits per heavy atom. The number of nitrogens with one attached hydrogen (secondary N) is 1. The number of hydrogen-bond donors (Lipinski definition) is 2. The van der Waals surface area contributed by atoms with E-state index in [1.807, 2.05) is 6.92 Å². The lowest BCUT2D eigenvalue weighted by Gasteiger charge is -2.28. The molecule has 0 aromatic carbocycles. The number of carbonyl (C=O) groups is 1. The van der Waals surface area contributed by atoms with E-state index < -0.39 is 5.97 Å². The third-order valence-corrected chi connectivity index (χ3v) is 4.07. The van der Waals surface area contributed by atoms with Gasteiger partial charge in [-0.25, -0.2) is 0 Å². The normalized spacial score (nSPS) is 26.7. The van der Waals surface area contributed by atoms with Gasteiger partial charge in [0.25, 0.3) is 0 Å². The molecule has 0 aliphatic heterocycles. The van der Waals surface area contributed by atoms with Crippen molar-refractivity contribution in [1.82, 2.24) is 5.32 Å². The Bertz CT molecular complexity index is 222. The van der Waals surface area contributed by atoms with Gasteiger partial charge in [0.15, 0.2) is 0 Å². The zero-order chi connectivity index (χ0) is 12.7. The Morgan fingerprint density at radius 2 is 1.82 bits per heavy atom. The SMILES string of the molecule is CCCC(NCC1CCC(CC)CC1)C(=O)O. The third kappa shape index (κ3) is 5.07. The van der Waals surface area contributed by atoms with E-state index in [4.69, 9.17) is 5.11 Å². The number of hydrogen-bond acceptors (Lipinski definition) is 2. The fourth-order valence-corrected chi connectivity index (χ4v) is 2.75. The highest BCUT2D eigenvalue weighted by Gasteiger charge is 2.22. The third-order valence-electron chi connectivity index (χ3n) is 4.07. The summed E-state index contributed by atoms with van der Waals surface area (Å²) in [4.78, 5) is 11.0. The van der Waals surface area contributed by atoms with Crippen LogP contribution in [0.25, 0.3) is 0 Å². The molecule has 1 atom stereocenters. The molecular formula is C14H27NO2. The summed E-state index contributed by atoms with van der Waals surface area (Å²) in [5.41, 5.74) is 0. The standard InChI is InChI=1S/C14H27NO2/c1-3-5-13(14(16)17)15-10-12-8-6-11(4-2)7-9-12/h11-13,15H,3-10H2,1-2H3,(H,16,17). The summed E-state index contributed by atoms with van der Waals surface area (Å²) in [7, 11) is 0. The molecule has 3 heteroatoms. The van der Waals surface area contributed by atoms with Crippen LogP contribution in [0.5, 0.6) is 0 Å². The first kappa shape index (κ1) is 14.5. The number of carboxylic acid groups (broad SMARTS) is 1. The number of rotatable bonds is 7. The van der Waals surface area contributed by atoms with Gasteiger partial charge in [0.05, 0.1) is 0 Å². The molecule has 1 aliphatic rings. The van der Waals surface area contributed by atoms with E-state index in [9.17, 15) is 4.79 Å². The summed E-state index contributed by atoms with van der Waals surface area (Å²) >= 11 is 0. The van der Waals surface area contributed by atoms with Crippen molar-refractivity contribution in [2.75, 3.05) is 6.54 Å². The highest BCUT2D eigenvalue weighted by molar-refractivity contribution is 5.73. The summed E-state index contributed by atoms with van der Waals surface area (Å²) in [6.45, 7) is 5.18. The first-order valence-corrected chi connectivity index (χ1v) is 7.13. The van der Waals surface area contributed by atoms with E-state index in [0.29, 0.717) is 5.92 Å². The molecule has 0 saturated heterocycles. The molecule has 1 fully saturated rings. The predicted molar refractivity (Wildman–Crippen MR) is 70.1 cm³/mol. The Kier molecular flexibility index (Phi) is 6.56. The second kappa shape index (κ2) is 7.70. The lowest BCUT2D eigenvalue weighted by atomic mass is 9.81. The van der Waals surface area contributed by atoms with Gasteiger partial charge >= 0.3 is 5.97 Å². The maximum atomic E-state index is 11.0. The molecule has 17 heavy (non-hydrogen) atoms. The van der Waals surface area contributed by atoms with E-state index in [1.165, 1.54) is 32.1 Å². The summed E-state index contributed by atoms with van der Waals surface area (Å²) in [6.07, 6.45) is 8.15. The Labute approximate surface area is 105 Å². The van der Waals surface area contributed by atoms with Gasteiger partial charge in [-0.15, -0.1) is 0 Å². The largest absolute Gasteiger partial charge is 0.480 e. The van der Waals surface area contributed by atoms with E-state index in [0.717, 1.165) is 25.3 Å². The Balaban J connectivity index is 2.23. The molecule has 0 aromatic heterocycles. The van der Waals surface area contributed by atoms with Crippen LogP contribution in [-0.4, -0.2) is 23.7 Å². The number of carboxylic acids is 1. The highest BCUT2D eigenvalue weighted by atomic mass is 16.4. The van der Waals surface area contributed by atoms with Crippen molar-refractivity contribution in [3.05, 3.63) is 0 Å². The van der Waals surface area contributed by atoms with E-state index in [2.05, 4.69) is 12.2 Å². The van der Waals surface area contributed by atoms with Gasteiger partial charge in [0, 0.05) is 0 Å². The van der Waals surface area contributed by atoms with Crippen molar-refractivity contribution in [3.8, 4) is 0 Å². The van der Waals surface area contributed by atoms with Crippen molar-refractivity contribution in [2.45, 2.75) is 64.8 Å². The predicted octanol–water partition coefficient (Wildman–Crippen LogP) is 3.05. The van der Waals surface area contributed by atoms with Crippen LogP contribution in [0.4, 0.5) is 0 Å². The van der Waals surface area contributed by atoms with E-state index in [-0.39, 0.29) is 6.04 Å². The molecule has 1 aliphatic carbocycles. The fourth-order valence-electron chi connectivity index (χ4n) is 2.75. The molecule has 1 saturated carbocycles. The van der Waals surface area contributed by atoms with Crippen LogP contribution in [0.2, 0.25) is 0 Å². The van der Waals surface area contributed by atoms with Gasteiger partial charge in [-0.1, -0.05) is 39.5 Å². The van der Waals surface area contributed by atoms with Crippen molar-refractivity contribution in [2.24, 2.45) is 11.8 Å². The van der Waals surface area contributed by atoms with Gasteiger partial charge in [-0.05, 0) is 37.6 Å². The second-order valence-corrected chi connectivity index (χ2v) is 5.38. The van der Waals surface area contributed by atoms with Crippen LogP contribution in [0.1, 0.15) is 58.8 Å². The molecule has 3 nitrogen and oxygen atoms in total. The highest BCUT2D eigenvalue weighted by Crippen LogP contribution is 2.30. The van der Waals surface area contributed by atoms with Crippen molar-refractivity contribution < 1.29 is 9.90 Å². The van der Waals surface area contributed by atoms with Crippen molar-refractivity contribution >= 4 is 5.97 Å². The molecule has 0 aromatic rings. The van der Waals surface area contributed by atoms with Crippen LogP contribution in [-0.2, 0) is 4.79 Å². The first-order valence-electron chi connectivity index (χ1n) is 7.13. The molecule has 2 N–H and O–H groups in total. The van der Waals surface area contributed by atoms with Gasteiger partial charge in [-0.2, -0.15) is 0 Å². The molecule has 0 spiro atoms. The molecule has 1 unspecified atom stereocenters. The lowest BCUT2D eigenvalue weighted by molar-refractivity contribution is -0.139. The van der Waals surface area contributed by atoms with Crippen LogP contribution in [0.15, 0.2) is 0 Å². The number of aliphatic carboxylic acids is 1. The molecule has 1 rings (SSSR count). The zero-order valence-electron chi connectivity index (χ0n) is 11.2. The monoisotopic (exact) mass is 241 g/mol. The zero-order valence-corrected chi connectivity index (χ0v) is 11.2. The second-order valence-electron chi connectivity index (χ2n) is 5.38. The Hall–Kier alpha value is -0.570. The van der Waals surface area contributed by atoms with Crippen LogP contribution >= 0.6 is 0 Å². The fraction of sp³-hybridized carbons (Fsp3) is 0.929. The van der Waals surface area contributed by atoms with Crippen LogP contribution in [0.3, 0.4) is 0 Å². The average Bonchev–Trinajstić information content (AvgIpc) is 2.34. The van der Waals surface area contributed by atoms with Gasteiger partial charge in [0.2, 0.25) is 0 Å². The Morgan fingerprint density at radius 3 is 2.29 bits per heavy atom. The quantitative estimate of drug-likeness (QED) is 0.720. The van der Waals surface area contributed by atoms with Crippen LogP contribution in [0, 0.1) is 11.8 Å². The summed E-state index contributed by atoms with van der Waals surface area (Å²) in [5.74, 6) is 0.905. The van der Waals surface area contributed by atoms with Crippen LogP contribution < -0.4 is 5.32 Å². The average molecular weight is 241 g/mol. The maximum absolute atomic E-state index is 11.0. The summed E-state index contributed by atoms with van der Waals surface area (Å²) < 4.78 is 0. The molecule has 100 valence electrons. The maximum Gasteiger partial charge on any atom is 0.320 e. The lowest BCUT2D eigenvalue weighted by Crippen LogP contribution is -2.40. The summed E-state index contributed by atoms with van der Waals surface area (Å²) in [5, 5.41) is 12.3. The van der Waals surface area contributed by atoms with Gasteiger partial charge in [0.1, 0.15) is 6.04 Å². The molecule has 0 heterocycles. The van der Waals surface area contributed by atoms with Gasteiger partial charge in [-0.3, -0.25) is 4.79 Å². The minimum atomic E-state index is -0.700. The molecule has 0 bridgehead atoms. The van der Waals surface area contributed by atoms with E-state index >= 15 is 0 Å². The molecule has 0 radical (unpaired) electrons. The molecule has 0 amide bonds. The summed E-state index contributed by atoms with van der Waals surface area (Å²) in [6, 6.07) is -0.344. The van der Waals surface area contributed by atoms with Crippen molar-refractivity contribution in [3.63, 3.8) is 0 Å². The van der Waals surface area contributed by atoms with Crippen molar-refractivity contribution in [1.29, 1.82) is 0 Å². The van der Waals surface area contributed by atoms with Gasteiger partial charge < -0.3 is 10.4 Å². The topological polar surface area (TPSA) is 49.3 Å². The van der Waals surface area contributed by atoms with E-state index in [1.54, 1.807) is 0 Å². The first-order chi connectivity index (χ1) is 8.17. The minimum absolute atomic E-state index is 0.344. The smallest absolute Gasteiger partial charge is 0.320 e. The minimum Gasteiger partial charge on any atom is -0.480 e. The molecular weight excluding hydrogens is 214 g/mol.